The molecule has 1 aromatic carbocycles. The van der Waals surface area contributed by atoms with Gasteiger partial charge in [0, 0.05) is 16.0 Å². The first-order valence-electron chi connectivity index (χ1n) is 8.93. The smallest absolute Gasteiger partial charge is 0.317 e. The predicted molar refractivity (Wildman–Crippen MR) is 101 cm³/mol. The van der Waals surface area contributed by atoms with Crippen LogP contribution in [0.4, 0.5) is 4.39 Å². The van der Waals surface area contributed by atoms with Crippen LogP contribution >= 0.6 is 35.3 Å². The van der Waals surface area contributed by atoms with Gasteiger partial charge in [0.1, 0.15) is 5.82 Å². The number of aromatic nitrogens is 1. The number of rotatable bonds is 1. The van der Waals surface area contributed by atoms with Crippen molar-refractivity contribution in [1.82, 2.24) is 4.98 Å². The molecule has 0 amide bonds. The van der Waals surface area contributed by atoms with Crippen molar-refractivity contribution < 1.29 is 18.7 Å². The van der Waals surface area contributed by atoms with Gasteiger partial charge in [0.2, 0.25) is 0 Å². The Kier molecular flexibility index (Phi) is 3.36. The zero-order chi connectivity index (χ0) is 18.4. The molecule has 7 atom stereocenters. The molecule has 0 radical (unpaired) electrons. The number of benzene rings is 1. The van der Waals surface area contributed by atoms with Gasteiger partial charge in [-0.3, -0.25) is 9.59 Å². The van der Waals surface area contributed by atoms with Crippen molar-refractivity contribution in [3.8, 4) is 0 Å². The summed E-state index contributed by atoms with van der Waals surface area (Å²) in [5.74, 6) is -1.04. The molecule has 138 valence electrons. The third kappa shape index (κ3) is 2.12. The van der Waals surface area contributed by atoms with E-state index in [1.165, 1.54) is 17.0 Å². The highest BCUT2D eigenvalue weighted by molar-refractivity contribution is 8.00. The molecule has 27 heavy (non-hydrogen) atoms. The highest BCUT2D eigenvalue weighted by Gasteiger charge is 2.69. The van der Waals surface area contributed by atoms with E-state index >= 15 is 0 Å². The second-order valence-corrected chi connectivity index (χ2v) is 10.7. The normalized spacial score (nSPS) is 38.5. The van der Waals surface area contributed by atoms with Gasteiger partial charge in [-0.1, -0.05) is 12.1 Å². The quantitative estimate of drug-likeness (QED) is 0.428. The number of carbonyl (C=O) groups excluding carboxylic acids is 2. The monoisotopic (exact) mass is 419 g/mol. The minimum absolute atomic E-state index is 0.0595. The molecule has 2 aromatic rings. The van der Waals surface area contributed by atoms with E-state index in [0.29, 0.717) is 0 Å². The van der Waals surface area contributed by atoms with Gasteiger partial charge in [0.05, 0.1) is 16.9 Å². The number of aromatic amines is 1. The van der Waals surface area contributed by atoms with E-state index in [1.807, 2.05) is 12.1 Å². The number of fused-ring (bicyclic) bond motifs is 9. The number of nitrogens with one attached hydrogen (secondary N) is 1. The Bertz CT molecular complexity index is 1050. The number of cyclic esters (lactones) is 2. The molecule has 8 heteroatoms. The highest BCUT2D eigenvalue weighted by atomic mass is 32.2. The first-order chi connectivity index (χ1) is 13.0. The molecule has 1 N–H and O–H groups in total. The van der Waals surface area contributed by atoms with E-state index in [1.54, 1.807) is 23.1 Å². The summed E-state index contributed by atoms with van der Waals surface area (Å²) >= 11 is 8.71. The van der Waals surface area contributed by atoms with E-state index in [4.69, 9.17) is 17.0 Å². The fraction of sp³-hybridized carbons (Fsp3) is 0.421. The minimum Gasteiger partial charge on any atom is -0.393 e. The average molecular weight is 420 g/mol. The number of thioether (sulfide) groups is 1. The molecule has 1 saturated heterocycles. The van der Waals surface area contributed by atoms with Crippen LogP contribution < -0.4 is 0 Å². The standard InChI is InChI=1S/C19H14FNO3S3/c20-7-3-1-6(2-4-7)10-11-8-5-9(13-12(8)17(22)24-18(13)23)14(11)26-16-15(10)27-19(25)21-16/h1-4,8-14H,5H2,(H,21,25). The first kappa shape index (κ1) is 16.4. The average Bonchev–Trinajstić information content (AvgIpc) is 3.35. The number of hydrogen-bond acceptors (Lipinski definition) is 6. The lowest BCUT2D eigenvalue weighted by Gasteiger charge is -2.42. The van der Waals surface area contributed by atoms with Crippen LogP contribution in [0.3, 0.4) is 0 Å². The second-order valence-electron chi connectivity index (χ2n) is 7.75. The third-order valence-corrected chi connectivity index (χ3v) is 9.63. The molecule has 3 fully saturated rings. The molecular weight excluding hydrogens is 405 g/mol. The lowest BCUT2D eigenvalue weighted by molar-refractivity contribution is -0.154. The number of carbonyl (C=O) groups is 2. The predicted octanol–water partition coefficient (Wildman–Crippen LogP) is 4.13. The van der Waals surface area contributed by atoms with Crippen LogP contribution in [0.1, 0.15) is 22.8 Å². The fourth-order valence-corrected chi connectivity index (χ4v) is 9.19. The van der Waals surface area contributed by atoms with Crippen molar-refractivity contribution in [1.29, 1.82) is 0 Å². The second kappa shape index (κ2) is 5.52. The molecule has 6 rings (SSSR count). The molecule has 2 saturated carbocycles. The largest absolute Gasteiger partial charge is 0.393 e. The number of halogens is 1. The Balaban J connectivity index is 1.52. The van der Waals surface area contributed by atoms with Crippen LogP contribution in [0, 0.1) is 39.4 Å². The lowest BCUT2D eigenvalue weighted by atomic mass is 9.68. The molecule has 1 aromatic heterocycles. The number of H-pyrrole nitrogens is 1. The van der Waals surface area contributed by atoms with Crippen LogP contribution in [0.15, 0.2) is 29.3 Å². The summed E-state index contributed by atoms with van der Waals surface area (Å²) in [5.41, 5.74) is 1.04. The molecule has 4 nitrogen and oxygen atoms in total. The Morgan fingerprint density at radius 2 is 1.81 bits per heavy atom. The lowest BCUT2D eigenvalue weighted by Crippen LogP contribution is -2.42. The van der Waals surface area contributed by atoms with E-state index in [-0.39, 0.29) is 58.5 Å². The van der Waals surface area contributed by atoms with Crippen molar-refractivity contribution in [2.75, 3.05) is 0 Å². The van der Waals surface area contributed by atoms with E-state index < -0.39 is 0 Å². The van der Waals surface area contributed by atoms with Gasteiger partial charge in [-0.2, -0.15) is 0 Å². The molecule has 2 aliphatic heterocycles. The molecule has 2 aliphatic carbocycles. The van der Waals surface area contributed by atoms with E-state index in [2.05, 4.69) is 4.98 Å². The highest BCUT2D eigenvalue weighted by Crippen LogP contribution is 2.68. The first-order valence-corrected chi connectivity index (χ1v) is 11.0. The maximum absolute atomic E-state index is 13.5. The van der Waals surface area contributed by atoms with Gasteiger partial charge in [-0.05, 0) is 54.1 Å². The number of thiazole rings is 1. The van der Waals surface area contributed by atoms with Crippen LogP contribution in [-0.2, 0) is 14.3 Å². The van der Waals surface area contributed by atoms with Crippen LogP contribution in [0.5, 0.6) is 0 Å². The number of hydrogen-bond donors (Lipinski definition) is 1. The van der Waals surface area contributed by atoms with Crippen LogP contribution in [0.25, 0.3) is 0 Å². The third-order valence-electron chi connectivity index (χ3n) is 6.69. The summed E-state index contributed by atoms with van der Waals surface area (Å²) in [6, 6.07) is 6.64. The molecule has 4 aliphatic rings. The van der Waals surface area contributed by atoms with Gasteiger partial charge < -0.3 is 9.72 Å². The van der Waals surface area contributed by atoms with Crippen molar-refractivity contribution in [2.45, 2.75) is 22.6 Å². The summed E-state index contributed by atoms with van der Waals surface area (Å²) in [6.07, 6.45) is 0.881. The van der Waals surface area contributed by atoms with E-state index in [0.717, 1.165) is 21.0 Å². The van der Waals surface area contributed by atoms with Gasteiger partial charge in [0.15, 0.2) is 3.95 Å². The molecule has 0 spiro atoms. The maximum atomic E-state index is 13.5. The molecule has 2 bridgehead atoms. The van der Waals surface area contributed by atoms with Gasteiger partial charge in [-0.15, -0.1) is 23.1 Å². The zero-order valence-electron chi connectivity index (χ0n) is 13.9. The van der Waals surface area contributed by atoms with Crippen molar-refractivity contribution >= 4 is 47.3 Å². The number of ether oxygens (including phenoxy) is 1. The van der Waals surface area contributed by atoms with Gasteiger partial charge in [0.25, 0.3) is 0 Å². The van der Waals surface area contributed by atoms with Gasteiger partial charge in [-0.25, -0.2) is 4.39 Å². The Hall–Kier alpha value is -1.51. The van der Waals surface area contributed by atoms with Crippen molar-refractivity contribution in [2.24, 2.45) is 29.6 Å². The Morgan fingerprint density at radius 1 is 1.11 bits per heavy atom. The van der Waals surface area contributed by atoms with E-state index in [9.17, 15) is 14.0 Å². The zero-order valence-corrected chi connectivity index (χ0v) is 16.3. The van der Waals surface area contributed by atoms with Crippen molar-refractivity contribution in [3.05, 3.63) is 44.5 Å². The summed E-state index contributed by atoms with van der Waals surface area (Å²) in [7, 11) is 0. The Morgan fingerprint density at radius 3 is 2.56 bits per heavy atom. The van der Waals surface area contributed by atoms with Gasteiger partial charge >= 0.3 is 11.9 Å². The fourth-order valence-electron chi connectivity index (χ4n) is 5.86. The van der Waals surface area contributed by atoms with Crippen molar-refractivity contribution in [3.63, 3.8) is 0 Å². The molecular formula is C19H14FNO3S3. The topological polar surface area (TPSA) is 59.2 Å². The SMILES string of the molecule is O=C1OC(=O)C2C3CC(C4Sc5[nH]c(=S)sc5C(c5ccc(F)cc5)C34)C12. The molecule has 7 unspecified atom stereocenters. The summed E-state index contributed by atoms with van der Waals surface area (Å²) in [4.78, 5) is 29.1. The van der Waals surface area contributed by atoms with Crippen LogP contribution in [0.2, 0.25) is 0 Å². The summed E-state index contributed by atoms with van der Waals surface area (Å²) in [6.45, 7) is 0. The maximum Gasteiger partial charge on any atom is 0.317 e. The minimum atomic E-state index is -0.355. The molecule has 3 heterocycles. The van der Waals surface area contributed by atoms with Crippen LogP contribution in [-0.4, -0.2) is 22.2 Å². The summed E-state index contributed by atoms with van der Waals surface area (Å²) < 4.78 is 19.2. The number of esters is 2. The summed E-state index contributed by atoms with van der Waals surface area (Å²) in [5, 5.41) is 1.29. The Labute approximate surface area is 167 Å².